The first-order valence-corrected chi connectivity index (χ1v) is 8.85. The lowest BCUT2D eigenvalue weighted by Crippen LogP contribution is -2.47. The normalized spacial score (nSPS) is 16.8. The van der Waals surface area contributed by atoms with Gasteiger partial charge in [-0.25, -0.2) is 9.37 Å². The maximum Gasteiger partial charge on any atom is 0.258 e. The molecule has 0 unspecified atom stereocenters. The molecule has 0 aliphatic carbocycles. The number of aromatic nitrogens is 2. The fraction of sp³-hybridized carbons (Fsp3) is 0.300. The SMILES string of the molecule is C[C@@H](c1nc2ccccc2c(=O)[nH]1)N1CCN(c2ccc(F)cc2)CC1. The van der Waals surface area contributed by atoms with Crippen LogP contribution in [0.25, 0.3) is 10.9 Å². The van der Waals surface area contributed by atoms with Gasteiger partial charge in [0.1, 0.15) is 11.6 Å². The summed E-state index contributed by atoms with van der Waals surface area (Å²) in [6.07, 6.45) is 0. The lowest BCUT2D eigenvalue weighted by molar-refractivity contribution is 0.191. The first kappa shape index (κ1) is 16.7. The Bertz CT molecular complexity index is 961. The third-order valence-electron chi connectivity index (χ3n) is 5.08. The Morgan fingerprint density at radius 1 is 1.04 bits per heavy atom. The topological polar surface area (TPSA) is 52.2 Å². The molecule has 1 atom stereocenters. The quantitative estimate of drug-likeness (QED) is 0.787. The summed E-state index contributed by atoms with van der Waals surface area (Å²) in [6.45, 7) is 5.49. The second-order valence-corrected chi connectivity index (χ2v) is 6.64. The van der Waals surface area contributed by atoms with Crippen LogP contribution in [0.5, 0.6) is 0 Å². The van der Waals surface area contributed by atoms with Gasteiger partial charge in [-0.2, -0.15) is 0 Å². The van der Waals surface area contributed by atoms with E-state index in [4.69, 9.17) is 0 Å². The highest BCUT2D eigenvalue weighted by Gasteiger charge is 2.24. The van der Waals surface area contributed by atoms with E-state index < -0.39 is 0 Å². The van der Waals surface area contributed by atoms with Gasteiger partial charge >= 0.3 is 0 Å². The number of benzene rings is 2. The molecule has 4 rings (SSSR count). The zero-order valence-corrected chi connectivity index (χ0v) is 14.7. The third-order valence-corrected chi connectivity index (χ3v) is 5.08. The maximum absolute atomic E-state index is 13.1. The van der Waals surface area contributed by atoms with Crippen LogP contribution in [-0.2, 0) is 0 Å². The number of piperazine rings is 1. The molecule has 134 valence electrons. The zero-order chi connectivity index (χ0) is 18.1. The van der Waals surface area contributed by atoms with E-state index in [9.17, 15) is 9.18 Å². The van der Waals surface area contributed by atoms with E-state index in [0.29, 0.717) is 11.2 Å². The number of halogens is 1. The van der Waals surface area contributed by atoms with Gasteiger partial charge in [0.2, 0.25) is 0 Å². The first-order chi connectivity index (χ1) is 12.6. The predicted molar refractivity (Wildman–Crippen MR) is 101 cm³/mol. The number of rotatable bonds is 3. The van der Waals surface area contributed by atoms with Crippen LogP contribution in [0, 0.1) is 5.82 Å². The Morgan fingerprint density at radius 3 is 2.46 bits per heavy atom. The van der Waals surface area contributed by atoms with Gasteiger partial charge in [0, 0.05) is 31.9 Å². The fourth-order valence-corrected chi connectivity index (χ4v) is 3.49. The van der Waals surface area contributed by atoms with Crippen molar-refractivity contribution in [2.24, 2.45) is 0 Å². The van der Waals surface area contributed by atoms with Gasteiger partial charge in [-0.3, -0.25) is 9.69 Å². The molecule has 1 aromatic heterocycles. The molecule has 0 spiro atoms. The first-order valence-electron chi connectivity index (χ1n) is 8.85. The van der Waals surface area contributed by atoms with Crippen molar-refractivity contribution >= 4 is 16.6 Å². The van der Waals surface area contributed by atoms with Crippen LogP contribution in [0.2, 0.25) is 0 Å². The molecule has 5 nitrogen and oxygen atoms in total. The molecule has 0 bridgehead atoms. The molecule has 2 aromatic carbocycles. The number of H-pyrrole nitrogens is 1. The predicted octanol–water partition coefficient (Wildman–Crippen LogP) is 2.95. The van der Waals surface area contributed by atoms with Gasteiger partial charge in [-0.05, 0) is 43.3 Å². The van der Waals surface area contributed by atoms with Crippen molar-refractivity contribution < 1.29 is 4.39 Å². The molecule has 0 amide bonds. The van der Waals surface area contributed by atoms with E-state index in [1.807, 2.05) is 30.3 Å². The number of anilines is 1. The van der Waals surface area contributed by atoms with E-state index in [0.717, 1.165) is 37.4 Å². The number of hydrogen-bond donors (Lipinski definition) is 1. The van der Waals surface area contributed by atoms with E-state index in [-0.39, 0.29) is 17.4 Å². The second-order valence-electron chi connectivity index (χ2n) is 6.64. The minimum Gasteiger partial charge on any atom is -0.369 e. The van der Waals surface area contributed by atoms with Crippen molar-refractivity contribution in [1.82, 2.24) is 14.9 Å². The van der Waals surface area contributed by atoms with Gasteiger partial charge in [0.05, 0.1) is 16.9 Å². The van der Waals surface area contributed by atoms with E-state index in [1.54, 1.807) is 6.07 Å². The Morgan fingerprint density at radius 2 is 1.73 bits per heavy atom. The summed E-state index contributed by atoms with van der Waals surface area (Å²) in [6, 6.07) is 14.0. The van der Waals surface area contributed by atoms with Gasteiger partial charge in [0.25, 0.3) is 5.56 Å². The lowest BCUT2D eigenvalue weighted by atomic mass is 10.2. The van der Waals surface area contributed by atoms with Gasteiger partial charge in [0.15, 0.2) is 0 Å². The van der Waals surface area contributed by atoms with Crippen LogP contribution in [0.15, 0.2) is 53.3 Å². The average molecular weight is 352 g/mol. The van der Waals surface area contributed by atoms with Crippen molar-refractivity contribution in [3.8, 4) is 0 Å². The molecule has 0 radical (unpaired) electrons. The second kappa shape index (κ2) is 6.88. The molecule has 1 aliphatic heterocycles. The molecule has 1 aliphatic rings. The minimum absolute atomic E-state index is 0.0303. The Kier molecular flexibility index (Phi) is 4.42. The number of fused-ring (bicyclic) bond motifs is 1. The molecule has 26 heavy (non-hydrogen) atoms. The smallest absolute Gasteiger partial charge is 0.258 e. The monoisotopic (exact) mass is 352 g/mol. The summed E-state index contributed by atoms with van der Waals surface area (Å²) < 4.78 is 13.1. The van der Waals surface area contributed by atoms with E-state index >= 15 is 0 Å². The minimum atomic E-state index is -0.215. The molecule has 1 N–H and O–H groups in total. The summed E-state index contributed by atoms with van der Waals surface area (Å²) in [5.41, 5.74) is 1.67. The molecule has 6 heteroatoms. The van der Waals surface area contributed by atoms with Crippen molar-refractivity contribution in [3.63, 3.8) is 0 Å². The highest BCUT2D eigenvalue weighted by molar-refractivity contribution is 5.77. The van der Waals surface area contributed by atoms with Gasteiger partial charge in [-0.15, -0.1) is 0 Å². The van der Waals surface area contributed by atoms with Crippen molar-refractivity contribution in [2.75, 3.05) is 31.1 Å². The number of hydrogen-bond acceptors (Lipinski definition) is 4. The summed E-state index contributed by atoms with van der Waals surface area (Å²) >= 11 is 0. The molecule has 0 saturated carbocycles. The molecule has 3 aromatic rings. The van der Waals surface area contributed by atoms with Crippen LogP contribution >= 0.6 is 0 Å². The zero-order valence-electron chi connectivity index (χ0n) is 14.7. The van der Waals surface area contributed by atoms with Crippen LogP contribution < -0.4 is 10.5 Å². The highest BCUT2D eigenvalue weighted by atomic mass is 19.1. The number of nitrogens with one attached hydrogen (secondary N) is 1. The Balaban J connectivity index is 1.49. The maximum atomic E-state index is 13.1. The Hall–Kier alpha value is -2.73. The summed E-state index contributed by atoms with van der Waals surface area (Å²) in [5, 5.41) is 0.615. The standard InChI is InChI=1S/C20H21FN4O/c1-14(19-22-18-5-3-2-4-17(18)20(26)23-19)24-10-12-25(13-11-24)16-8-6-15(21)7-9-16/h2-9,14H,10-13H2,1H3,(H,22,23,26)/t14-/m0/s1. The highest BCUT2D eigenvalue weighted by Crippen LogP contribution is 2.22. The van der Waals surface area contributed by atoms with Gasteiger partial charge in [-0.1, -0.05) is 12.1 Å². The van der Waals surface area contributed by atoms with Crippen LogP contribution in [0.3, 0.4) is 0 Å². The van der Waals surface area contributed by atoms with Crippen LogP contribution in [0.1, 0.15) is 18.8 Å². The summed E-state index contributed by atoms with van der Waals surface area (Å²) in [7, 11) is 0. The number of aromatic amines is 1. The Labute approximate surface area is 151 Å². The van der Waals surface area contributed by atoms with Gasteiger partial charge < -0.3 is 9.88 Å². The van der Waals surface area contributed by atoms with E-state index in [2.05, 4.69) is 26.7 Å². The molecule has 2 heterocycles. The van der Waals surface area contributed by atoms with Crippen LogP contribution in [0.4, 0.5) is 10.1 Å². The average Bonchev–Trinajstić information content (AvgIpc) is 2.68. The molecular weight excluding hydrogens is 331 g/mol. The third kappa shape index (κ3) is 3.20. The van der Waals surface area contributed by atoms with Crippen molar-refractivity contribution in [1.29, 1.82) is 0 Å². The number of nitrogens with zero attached hydrogens (tertiary/aromatic N) is 3. The summed E-state index contributed by atoms with van der Waals surface area (Å²) in [5.74, 6) is 0.483. The largest absolute Gasteiger partial charge is 0.369 e. The molecule has 1 fully saturated rings. The molecule has 1 saturated heterocycles. The van der Waals surface area contributed by atoms with Crippen molar-refractivity contribution in [2.45, 2.75) is 13.0 Å². The fourth-order valence-electron chi connectivity index (χ4n) is 3.49. The molecular formula is C20H21FN4O. The summed E-state index contributed by atoms with van der Waals surface area (Å²) in [4.78, 5) is 24.4. The number of para-hydroxylation sites is 1. The van der Waals surface area contributed by atoms with Crippen molar-refractivity contribution in [3.05, 3.63) is 70.5 Å². The lowest BCUT2D eigenvalue weighted by Gasteiger charge is -2.38. The van der Waals surface area contributed by atoms with Crippen LogP contribution in [-0.4, -0.2) is 41.0 Å². The van der Waals surface area contributed by atoms with E-state index in [1.165, 1.54) is 12.1 Å².